The van der Waals surface area contributed by atoms with E-state index in [9.17, 15) is 9.59 Å². The maximum Gasteiger partial charge on any atom is 0.338 e. The predicted molar refractivity (Wildman–Crippen MR) is 84.1 cm³/mol. The molecule has 0 aliphatic heterocycles. The van der Waals surface area contributed by atoms with Crippen LogP contribution in [0, 0.1) is 0 Å². The van der Waals surface area contributed by atoms with Crippen molar-refractivity contribution in [1.82, 2.24) is 0 Å². The van der Waals surface area contributed by atoms with Gasteiger partial charge in [0.25, 0.3) is 0 Å². The Hall–Kier alpha value is -2.88. The zero-order valence-corrected chi connectivity index (χ0v) is 12.5. The van der Waals surface area contributed by atoms with Crippen molar-refractivity contribution < 1.29 is 19.1 Å². The van der Waals surface area contributed by atoms with Crippen LogP contribution < -0.4 is 0 Å². The monoisotopic (exact) mass is 296 g/mol. The minimum atomic E-state index is -0.515. The van der Waals surface area contributed by atoms with Crippen molar-refractivity contribution in [2.24, 2.45) is 0 Å². The van der Waals surface area contributed by atoms with Crippen LogP contribution in [-0.2, 0) is 14.3 Å². The SMILES string of the molecule is C=CC1=C(C=C)C(OC)=C(c2ccccc2C(=O)OC)C1=O. The predicted octanol–water partition coefficient (Wildman–Crippen LogP) is 3.08. The number of carbonyl (C=O) groups excluding carboxylic acids is 2. The molecule has 0 unspecified atom stereocenters. The van der Waals surface area contributed by atoms with E-state index in [1.54, 1.807) is 30.3 Å². The van der Waals surface area contributed by atoms with Gasteiger partial charge in [0.2, 0.25) is 0 Å². The third kappa shape index (κ3) is 2.29. The molecule has 0 N–H and O–H groups in total. The molecular formula is C18H16O4. The van der Waals surface area contributed by atoms with E-state index >= 15 is 0 Å². The largest absolute Gasteiger partial charge is 0.495 e. The zero-order chi connectivity index (χ0) is 16.3. The zero-order valence-electron chi connectivity index (χ0n) is 12.5. The molecule has 1 aromatic rings. The maximum atomic E-state index is 12.7. The van der Waals surface area contributed by atoms with Crippen LogP contribution in [0.25, 0.3) is 5.57 Å². The molecule has 0 atom stereocenters. The van der Waals surface area contributed by atoms with Crippen molar-refractivity contribution in [2.75, 3.05) is 14.2 Å². The molecule has 22 heavy (non-hydrogen) atoms. The average molecular weight is 296 g/mol. The lowest BCUT2D eigenvalue weighted by atomic mass is 9.96. The summed E-state index contributed by atoms with van der Waals surface area (Å²) in [7, 11) is 2.77. The fourth-order valence-corrected chi connectivity index (χ4v) is 2.47. The number of ketones is 1. The van der Waals surface area contributed by atoms with Gasteiger partial charge in [-0.15, -0.1) is 0 Å². The number of hydrogen-bond donors (Lipinski definition) is 0. The van der Waals surface area contributed by atoms with Gasteiger partial charge in [-0.3, -0.25) is 4.79 Å². The molecule has 0 aromatic heterocycles. The van der Waals surface area contributed by atoms with Gasteiger partial charge in [-0.05, 0) is 6.07 Å². The highest BCUT2D eigenvalue weighted by Crippen LogP contribution is 2.38. The first-order valence-electron chi connectivity index (χ1n) is 6.60. The number of rotatable bonds is 5. The van der Waals surface area contributed by atoms with Gasteiger partial charge in [0.05, 0.1) is 25.4 Å². The minimum absolute atomic E-state index is 0.252. The molecule has 0 radical (unpaired) electrons. The van der Waals surface area contributed by atoms with Crippen molar-refractivity contribution in [2.45, 2.75) is 0 Å². The normalized spacial score (nSPS) is 14.2. The van der Waals surface area contributed by atoms with E-state index in [0.29, 0.717) is 33.6 Å². The van der Waals surface area contributed by atoms with Crippen molar-refractivity contribution >= 4 is 17.3 Å². The fraction of sp³-hybridized carbons (Fsp3) is 0.111. The number of methoxy groups -OCH3 is 2. The summed E-state index contributed by atoms with van der Waals surface area (Å²) in [5.41, 5.74) is 2.05. The first-order chi connectivity index (χ1) is 10.6. The van der Waals surface area contributed by atoms with Gasteiger partial charge in [-0.25, -0.2) is 4.79 Å². The van der Waals surface area contributed by atoms with Gasteiger partial charge >= 0.3 is 5.97 Å². The molecule has 0 saturated carbocycles. The number of Topliss-reactive ketones (excluding diaryl/α,β-unsaturated/α-hetero) is 1. The first-order valence-corrected chi connectivity index (χ1v) is 6.60. The molecule has 0 heterocycles. The van der Waals surface area contributed by atoms with Crippen LogP contribution in [0.3, 0.4) is 0 Å². The highest BCUT2D eigenvalue weighted by molar-refractivity contribution is 6.35. The summed E-state index contributed by atoms with van der Waals surface area (Å²) in [6.45, 7) is 7.37. The highest BCUT2D eigenvalue weighted by Gasteiger charge is 2.33. The van der Waals surface area contributed by atoms with Gasteiger partial charge in [0.15, 0.2) is 5.78 Å². The Labute approximate surface area is 129 Å². The summed E-state index contributed by atoms with van der Waals surface area (Å²) in [5.74, 6) is -0.386. The minimum Gasteiger partial charge on any atom is -0.495 e. The molecule has 4 heteroatoms. The third-order valence-electron chi connectivity index (χ3n) is 3.45. The lowest BCUT2D eigenvalue weighted by Crippen LogP contribution is -2.09. The van der Waals surface area contributed by atoms with Crippen LogP contribution in [-0.4, -0.2) is 26.0 Å². The number of benzene rings is 1. The van der Waals surface area contributed by atoms with Gasteiger partial charge in [-0.2, -0.15) is 0 Å². The maximum absolute atomic E-state index is 12.7. The van der Waals surface area contributed by atoms with E-state index in [1.807, 2.05) is 0 Å². The number of esters is 1. The van der Waals surface area contributed by atoms with Gasteiger partial charge in [0, 0.05) is 16.7 Å². The van der Waals surface area contributed by atoms with Gasteiger partial charge in [0.1, 0.15) is 5.76 Å². The smallest absolute Gasteiger partial charge is 0.338 e. The molecule has 0 saturated heterocycles. The Morgan fingerprint density at radius 2 is 1.73 bits per heavy atom. The molecule has 112 valence electrons. The van der Waals surface area contributed by atoms with Gasteiger partial charge in [-0.1, -0.05) is 43.5 Å². The second kappa shape index (κ2) is 6.26. The summed E-state index contributed by atoms with van der Waals surface area (Å²) in [5, 5.41) is 0. The Morgan fingerprint density at radius 3 is 2.27 bits per heavy atom. The van der Waals surface area contributed by atoms with Crippen LogP contribution >= 0.6 is 0 Å². The molecule has 0 spiro atoms. The molecular weight excluding hydrogens is 280 g/mol. The second-order valence-corrected chi connectivity index (χ2v) is 4.51. The van der Waals surface area contributed by atoms with Crippen molar-refractivity contribution in [3.63, 3.8) is 0 Å². The third-order valence-corrected chi connectivity index (χ3v) is 3.45. The Balaban J connectivity index is 2.73. The van der Waals surface area contributed by atoms with Crippen LogP contribution in [0.5, 0.6) is 0 Å². The number of carbonyl (C=O) groups is 2. The van der Waals surface area contributed by atoms with Crippen molar-refractivity contribution in [1.29, 1.82) is 0 Å². The Bertz CT molecular complexity index is 735. The fourth-order valence-electron chi connectivity index (χ4n) is 2.47. The van der Waals surface area contributed by atoms with E-state index < -0.39 is 5.97 Å². The molecule has 2 rings (SSSR count). The van der Waals surface area contributed by atoms with Gasteiger partial charge < -0.3 is 9.47 Å². The molecule has 1 aliphatic rings. The van der Waals surface area contributed by atoms with E-state index in [2.05, 4.69) is 13.2 Å². The molecule has 0 amide bonds. The van der Waals surface area contributed by atoms with Crippen LogP contribution in [0.2, 0.25) is 0 Å². The standard InChI is InChI=1S/C18H16O4/c1-5-11-12(6-2)17(21-3)15(16(11)19)13-9-7-8-10-14(13)18(20)22-4/h5-10H,1-2H2,3-4H3. The lowest BCUT2D eigenvalue weighted by molar-refractivity contribution is -0.110. The van der Waals surface area contributed by atoms with E-state index in [-0.39, 0.29) is 5.78 Å². The Kier molecular flexibility index (Phi) is 4.41. The van der Waals surface area contributed by atoms with Crippen LogP contribution in [0.4, 0.5) is 0 Å². The molecule has 4 nitrogen and oxygen atoms in total. The summed E-state index contributed by atoms with van der Waals surface area (Å²) in [6.07, 6.45) is 3.01. The first kappa shape index (κ1) is 15.5. The van der Waals surface area contributed by atoms with E-state index in [0.717, 1.165) is 0 Å². The van der Waals surface area contributed by atoms with Crippen LogP contribution in [0.1, 0.15) is 15.9 Å². The average Bonchev–Trinajstić information content (AvgIpc) is 2.84. The molecule has 0 bridgehead atoms. The summed E-state index contributed by atoms with van der Waals surface area (Å²) in [4.78, 5) is 24.6. The number of allylic oxidation sites excluding steroid dienone is 4. The second-order valence-electron chi connectivity index (χ2n) is 4.51. The molecule has 1 aliphatic carbocycles. The van der Waals surface area contributed by atoms with E-state index in [4.69, 9.17) is 9.47 Å². The van der Waals surface area contributed by atoms with Crippen molar-refractivity contribution in [3.05, 3.63) is 77.6 Å². The lowest BCUT2D eigenvalue weighted by Gasteiger charge is -2.11. The Morgan fingerprint density at radius 1 is 1.09 bits per heavy atom. The summed E-state index contributed by atoms with van der Waals surface area (Å²) >= 11 is 0. The molecule has 0 fully saturated rings. The highest BCUT2D eigenvalue weighted by atomic mass is 16.5. The molecule has 1 aromatic carbocycles. The quantitative estimate of drug-likeness (QED) is 0.784. The summed E-state index contributed by atoms with van der Waals surface area (Å²) in [6, 6.07) is 6.74. The van der Waals surface area contributed by atoms with Crippen molar-refractivity contribution in [3.8, 4) is 0 Å². The number of hydrogen-bond acceptors (Lipinski definition) is 4. The number of ether oxygens (including phenoxy) is 2. The summed E-state index contributed by atoms with van der Waals surface area (Å²) < 4.78 is 10.2. The van der Waals surface area contributed by atoms with E-state index in [1.165, 1.54) is 20.3 Å². The van der Waals surface area contributed by atoms with Crippen LogP contribution in [0.15, 0.2) is 66.5 Å². The topological polar surface area (TPSA) is 52.6 Å².